The number of likely N-dealkylation sites (tertiary alicyclic amines) is 1. The van der Waals surface area contributed by atoms with Crippen LogP contribution in [0.3, 0.4) is 0 Å². The number of amides is 1. The fourth-order valence-corrected chi connectivity index (χ4v) is 8.20. The number of halogens is 2. The molecule has 7 nitrogen and oxygen atoms in total. The minimum Gasteiger partial charge on any atom is -0.454 e. The van der Waals surface area contributed by atoms with Gasteiger partial charge in [-0.05, 0) is 72.8 Å². The third-order valence-corrected chi connectivity index (χ3v) is 15.0. The molecule has 1 N–H and O–H groups in total. The van der Waals surface area contributed by atoms with E-state index in [9.17, 15) is 9.18 Å². The second kappa shape index (κ2) is 10.9. The lowest BCUT2D eigenvalue weighted by molar-refractivity contribution is -0.118. The number of aromatic nitrogens is 1. The first-order chi connectivity index (χ1) is 19.9. The summed E-state index contributed by atoms with van der Waals surface area (Å²) in [5, 5.41) is 4.08. The number of thiazole rings is 1. The quantitative estimate of drug-likeness (QED) is 0.260. The van der Waals surface area contributed by atoms with Crippen LogP contribution in [0.15, 0.2) is 42.6 Å². The van der Waals surface area contributed by atoms with Crippen molar-refractivity contribution in [2.24, 2.45) is 0 Å². The molecule has 1 aliphatic carbocycles. The van der Waals surface area contributed by atoms with E-state index < -0.39 is 13.7 Å². The van der Waals surface area contributed by atoms with E-state index in [4.69, 9.17) is 25.5 Å². The van der Waals surface area contributed by atoms with Gasteiger partial charge in [-0.15, -0.1) is 0 Å². The normalized spacial score (nSPS) is 20.5. The highest BCUT2D eigenvalue weighted by molar-refractivity contribution is 7.15. The van der Waals surface area contributed by atoms with Crippen molar-refractivity contribution in [3.8, 4) is 11.5 Å². The number of nitrogens with zero attached hydrogens (tertiary/aromatic N) is 2. The van der Waals surface area contributed by atoms with Gasteiger partial charge in [-0.25, -0.2) is 9.37 Å². The van der Waals surface area contributed by atoms with E-state index in [0.29, 0.717) is 21.7 Å². The minimum atomic E-state index is -1.95. The molecule has 6 rings (SSSR count). The first-order valence-corrected chi connectivity index (χ1v) is 18.5. The van der Waals surface area contributed by atoms with Crippen LogP contribution >= 0.6 is 22.9 Å². The highest BCUT2D eigenvalue weighted by Crippen LogP contribution is 2.51. The van der Waals surface area contributed by atoms with Gasteiger partial charge in [-0.2, -0.15) is 0 Å². The molecule has 3 aromatic rings. The molecule has 1 aromatic heterocycles. The summed E-state index contributed by atoms with van der Waals surface area (Å²) in [5.74, 6) is 0.911. The summed E-state index contributed by atoms with van der Waals surface area (Å²) in [4.78, 5) is 21.4. The van der Waals surface area contributed by atoms with Gasteiger partial charge in [0, 0.05) is 29.2 Å². The molecule has 42 heavy (non-hydrogen) atoms. The summed E-state index contributed by atoms with van der Waals surface area (Å²) < 4.78 is 31.8. The number of nitrogens with one attached hydrogen (secondary N) is 1. The summed E-state index contributed by atoms with van der Waals surface area (Å²) in [5.41, 5.74) is 1.13. The van der Waals surface area contributed by atoms with Crippen molar-refractivity contribution in [2.75, 3.05) is 25.2 Å². The molecule has 1 amide bonds. The SMILES string of the molecule is CC(C)(C)[Si](C)(C)O[C@H]1CCN(C(c2cnc(NC(=O)C3(c4ccc5c(c4)OCO5)CC3)s2)c2ccc(F)cc2Cl)C1. The fraction of sp³-hybridized carbons (Fsp3) is 0.484. The predicted molar refractivity (Wildman–Crippen MR) is 166 cm³/mol. The van der Waals surface area contributed by atoms with Crippen molar-refractivity contribution in [3.05, 3.63) is 69.4 Å². The van der Waals surface area contributed by atoms with Gasteiger partial charge in [0.05, 0.1) is 17.6 Å². The standard InChI is InChI=1S/C31H37ClFN3O4SSi/c1-30(2,3)42(4,5)40-21-10-13-36(17-21)27(22-8-7-20(33)15-23(22)32)26-16-34-29(41-26)35-28(37)31(11-12-31)19-6-9-24-25(14-19)39-18-38-24/h6-9,14-16,21,27H,10-13,17-18H2,1-5H3,(H,34,35,37)/t21-,27?/m0/s1. The summed E-state index contributed by atoms with van der Waals surface area (Å²) in [6.45, 7) is 13.0. The lowest BCUT2D eigenvalue weighted by Crippen LogP contribution is -2.44. The van der Waals surface area contributed by atoms with E-state index in [0.717, 1.165) is 48.4 Å². The average molecular weight is 630 g/mol. The molecule has 3 heterocycles. The largest absolute Gasteiger partial charge is 0.454 e. The molecule has 0 radical (unpaired) electrons. The molecule has 2 atom stereocenters. The Balaban J connectivity index is 1.23. The third-order valence-electron chi connectivity index (χ3n) is 9.19. The summed E-state index contributed by atoms with van der Waals surface area (Å²) >= 11 is 8.05. The Hall–Kier alpha value is -2.50. The lowest BCUT2D eigenvalue weighted by atomic mass is 9.94. The Bertz CT molecular complexity index is 1510. The van der Waals surface area contributed by atoms with Gasteiger partial charge < -0.3 is 19.2 Å². The smallest absolute Gasteiger partial charge is 0.236 e. The first-order valence-electron chi connectivity index (χ1n) is 14.4. The molecule has 1 unspecified atom stereocenters. The predicted octanol–water partition coefficient (Wildman–Crippen LogP) is 7.52. The van der Waals surface area contributed by atoms with Crippen LogP contribution in [0, 0.1) is 5.82 Å². The molecular weight excluding hydrogens is 593 g/mol. The van der Waals surface area contributed by atoms with E-state index in [1.807, 2.05) is 18.2 Å². The molecular formula is C31H37ClFN3O4SSi. The number of carbonyl (C=O) groups excluding carboxylic acids is 1. The van der Waals surface area contributed by atoms with Crippen LogP contribution in [-0.2, 0) is 14.6 Å². The Kier molecular flexibility index (Phi) is 7.67. The molecule has 1 saturated heterocycles. The summed E-state index contributed by atoms with van der Waals surface area (Å²) in [6.07, 6.45) is 4.33. The van der Waals surface area contributed by atoms with Crippen LogP contribution < -0.4 is 14.8 Å². The fourth-order valence-electron chi connectivity index (χ4n) is 5.58. The Morgan fingerprint density at radius 3 is 2.69 bits per heavy atom. The molecule has 3 aliphatic rings. The second-order valence-corrected chi connectivity index (χ2v) is 19.2. The van der Waals surface area contributed by atoms with Crippen molar-refractivity contribution in [3.63, 3.8) is 0 Å². The van der Waals surface area contributed by atoms with Gasteiger partial charge in [0.1, 0.15) is 5.82 Å². The Labute approximate surface area is 256 Å². The lowest BCUT2D eigenvalue weighted by Gasteiger charge is -2.38. The van der Waals surface area contributed by atoms with Crippen molar-refractivity contribution < 1.29 is 23.1 Å². The first kappa shape index (κ1) is 29.6. The van der Waals surface area contributed by atoms with E-state index >= 15 is 0 Å². The molecule has 0 bridgehead atoms. The maximum absolute atomic E-state index is 14.0. The molecule has 11 heteroatoms. The zero-order chi connectivity index (χ0) is 29.9. The Morgan fingerprint density at radius 1 is 1.21 bits per heavy atom. The number of ether oxygens (including phenoxy) is 2. The zero-order valence-electron chi connectivity index (χ0n) is 24.6. The van der Waals surface area contributed by atoms with Gasteiger partial charge in [-0.3, -0.25) is 9.69 Å². The molecule has 224 valence electrons. The summed E-state index contributed by atoms with van der Waals surface area (Å²) in [7, 11) is -1.95. The highest BCUT2D eigenvalue weighted by Gasteiger charge is 2.52. The number of benzene rings is 2. The van der Waals surface area contributed by atoms with E-state index in [2.05, 4.69) is 49.1 Å². The van der Waals surface area contributed by atoms with Crippen LogP contribution in [-0.4, -0.2) is 50.1 Å². The van der Waals surface area contributed by atoms with Crippen LogP contribution in [0.25, 0.3) is 0 Å². The second-order valence-electron chi connectivity index (χ2n) is 13.0. The zero-order valence-corrected chi connectivity index (χ0v) is 27.2. The highest BCUT2D eigenvalue weighted by atomic mass is 35.5. The Morgan fingerprint density at radius 2 is 1.98 bits per heavy atom. The maximum Gasteiger partial charge on any atom is 0.236 e. The number of rotatable bonds is 8. The van der Waals surface area contributed by atoms with E-state index in [1.165, 1.54) is 23.5 Å². The van der Waals surface area contributed by atoms with Crippen molar-refractivity contribution in [1.29, 1.82) is 0 Å². The third kappa shape index (κ3) is 5.59. The average Bonchev–Trinajstić information content (AvgIpc) is 3.22. The number of hydrogen-bond donors (Lipinski definition) is 1. The number of fused-ring (bicyclic) bond motifs is 1. The van der Waals surface area contributed by atoms with Crippen molar-refractivity contribution in [2.45, 2.75) is 75.7 Å². The van der Waals surface area contributed by atoms with Crippen LogP contribution in [0.4, 0.5) is 9.52 Å². The molecule has 1 saturated carbocycles. The topological polar surface area (TPSA) is 72.9 Å². The molecule has 2 aromatic carbocycles. The number of carbonyl (C=O) groups is 1. The summed E-state index contributed by atoms with van der Waals surface area (Å²) in [6, 6.07) is 10.0. The number of hydrogen-bond acceptors (Lipinski definition) is 7. The van der Waals surface area contributed by atoms with Gasteiger partial charge in [0.25, 0.3) is 0 Å². The van der Waals surface area contributed by atoms with Gasteiger partial charge in [-0.1, -0.05) is 55.8 Å². The van der Waals surface area contributed by atoms with Crippen molar-refractivity contribution >= 4 is 42.3 Å². The van der Waals surface area contributed by atoms with Crippen LogP contribution in [0.5, 0.6) is 11.5 Å². The van der Waals surface area contributed by atoms with E-state index in [-0.39, 0.29) is 35.7 Å². The van der Waals surface area contributed by atoms with Gasteiger partial charge >= 0.3 is 0 Å². The van der Waals surface area contributed by atoms with E-state index in [1.54, 1.807) is 12.3 Å². The number of anilines is 1. The monoisotopic (exact) mass is 629 g/mol. The maximum atomic E-state index is 14.0. The van der Waals surface area contributed by atoms with Crippen molar-refractivity contribution in [1.82, 2.24) is 9.88 Å². The molecule has 0 spiro atoms. The van der Waals surface area contributed by atoms with Gasteiger partial charge in [0.2, 0.25) is 12.7 Å². The molecule has 2 fully saturated rings. The minimum absolute atomic E-state index is 0.0809. The van der Waals surface area contributed by atoms with Gasteiger partial charge in [0.15, 0.2) is 24.9 Å². The van der Waals surface area contributed by atoms with Crippen LogP contribution in [0.2, 0.25) is 23.2 Å². The molecule has 2 aliphatic heterocycles. The van der Waals surface area contributed by atoms with Crippen LogP contribution in [0.1, 0.15) is 62.1 Å².